The van der Waals surface area contributed by atoms with Crippen LogP contribution >= 0.6 is 0 Å². The van der Waals surface area contributed by atoms with E-state index in [9.17, 15) is 0 Å². The topological polar surface area (TPSA) is 46.0 Å². The summed E-state index contributed by atoms with van der Waals surface area (Å²) in [5.41, 5.74) is 0. The van der Waals surface area contributed by atoms with Crippen molar-refractivity contribution in [3.63, 3.8) is 0 Å². The Labute approximate surface area is 122 Å². The van der Waals surface area contributed by atoms with Crippen molar-refractivity contribution in [2.75, 3.05) is 26.2 Å². The van der Waals surface area contributed by atoms with Gasteiger partial charge in [0, 0.05) is 12.6 Å². The summed E-state index contributed by atoms with van der Waals surface area (Å²) in [5, 5.41) is 8.09. The van der Waals surface area contributed by atoms with Gasteiger partial charge >= 0.3 is 0 Å². The third-order valence-corrected chi connectivity index (χ3v) is 4.07. The van der Waals surface area contributed by atoms with Crippen molar-refractivity contribution in [1.82, 2.24) is 25.0 Å². The van der Waals surface area contributed by atoms with Crippen molar-refractivity contribution in [2.24, 2.45) is 0 Å². The fraction of sp³-hybridized carbons (Fsp3) is 0.867. The summed E-state index contributed by atoms with van der Waals surface area (Å²) in [7, 11) is 0. The van der Waals surface area contributed by atoms with E-state index in [1.165, 1.54) is 38.9 Å². The number of nitrogens with one attached hydrogen (secondary N) is 1. The Morgan fingerprint density at radius 2 is 1.95 bits per heavy atom. The standard InChI is InChI=1S/C15H29N5/c1-4-9-19-11-6-15(7-12-19)16-8-5-10-20-14(3)17-13(2)18-20/h15-16H,4-12H2,1-3H3. The molecular formula is C15H29N5. The first-order valence-electron chi connectivity index (χ1n) is 8.03. The van der Waals surface area contributed by atoms with Crippen LogP contribution in [0, 0.1) is 13.8 Å². The second-order valence-corrected chi connectivity index (χ2v) is 5.85. The summed E-state index contributed by atoms with van der Waals surface area (Å²) in [4.78, 5) is 6.91. The minimum atomic E-state index is 0.710. The van der Waals surface area contributed by atoms with Gasteiger partial charge in [-0.05, 0) is 65.7 Å². The molecule has 1 aromatic rings. The molecule has 114 valence electrons. The van der Waals surface area contributed by atoms with Crippen LogP contribution in [0.15, 0.2) is 0 Å². The highest BCUT2D eigenvalue weighted by molar-refractivity contribution is 4.87. The molecule has 5 nitrogen and oxygen atoms in total. The van der Waals surface area contributed by atoms with Gasteiger partial charge in [0.25, 0.3) is 0 Å². The van der Waals surface area contributed by atoms with Gasteiger partial charge in [0.15, 0.2) is 0 Å². The summed E-state index contributed by atoms with van der Waals surface area (Å²) >= 11 is 0. The number of nitrogens with zero attached hydrogens (tertiary/aromatic N) is 4. The van der Waals surface area contributed by atoms with Crippen LogP contribution in [0.25, 0.3) is 0 Å². The maximum absolute atomic E-state index is 4.40. The lowest BCUT2D eigenvalue weighted by Gasteiger charge is -2.32. The summed E-state index contributed by atoms with van der Waals surface area (Å²) in [5.74, 6) is 1.90. The molecule has 0 unspecified atom stereocenters. The van der Waals surface area contributed by atoms with Crippen LogP contribution in [0.5, 0.6) is 0 Å². The molecule has 0 amide bonds. The number of hydrogen-bond donors (Lipinski definition) is 1. The average molecular weight is 279 g/mol. The van der Waals surface area contributed by atoms with Crippen molar-refractivity contribution in [3.8, 4) is 0 Å². The zero-order valence-corrected chi connectivity index (χ0v) is 13.2. The Hall–Kier alpha value is -0.940. The summed E-state index contributed by atoms with van der Waals surface area (Å²) in [6.45, 7) is 12.1. The van der Waals surface area contributed by atoms with Gasteiger partial charge in [0.2, 0.25) is 0 Å². The molecule has 1 fully saturated rings. The fourth-order valence-corrected chi connectivity index (χ4v) is 2.99. The van der Waals surface area contributed by atoms with Crippen LogP contribution in [-0.4, -0.2) is 51.9 Å². The molecule has 0 radical (unpaired) electrons. The van der Waals surface area contributed by atoms with Crippen LogP contribution in [0.1, 0.15) is 44.3 Å². The molecule has 0 atom stereocenters. The van der Waals surface area contributed by atoms with E-state index in [1.807, 2.05) is 18.5 Å². The van der Waals surface area contributed by atoms with E-state index < -0.39 is 0 Å². The number of hydrogen-bond acceptors (Lipinski definition) is 4. The molecule has 0 spiro atoms. The van der Waals surface area contributed by atoms with Gasteiger partial charge in [-0.2, -0.15) is 5.10 Å². The minimum Gasteiger partial charge on any atom is -0.314 e. The molecule has 1 aliphatic rings. The van der Waals surface area contributed by atoms with E-state index in [0.717, 1.165) is 31.2 Å². The zero-order valence-electron chi connectivity index (χ0n) is 13.2. The maximum atomic E-state index is 4.40. The highest BCUT2D eigenvalue weighted by Gasteiger charge is 2.17. The van der Waals surface area contributed by atoms with Gasteiger partial charge in [-0.1, -0.05) is 6.92 Å². The molecular weight excluding hydrogens is 250 g/mol. The van der Waals surface area contributed by atoms with Gasteiger partial charge < -0.3 is 10.2 Å². The van der Waals surface area contributed by atoms with Crippen molar-refractivity contribution in [1.29, 1.82) is 0 Å². The Morgan fingerprint density at radius 1 is 1.20 bits per heavy atom. The number of piperidine rings is 1. The molecule has 5 heteroatoms. The van der Waals surface area contributed by atoms with Crippen LogP contribution in [0.2, 0.25) is 0 Å². The molecule has 0 aromatic carbocycles. The van der Waals surface area contributed by atoms with Crippen LogP contribution in [0.4, 0.5) is 0 Å². The van der Waals surface area contributed by atoms with Crippen LogP contribution in [-0.2, 0) is 6.54 Å². The quantitative estimate of drug-likeness (QED) is 0.772. The smallest absolute Gasteiger partial charge is 0.147 e. The van der Waals surface area contributed by atoms with Crippen LogP contribution < -0.4 is 5.32 Å². The van der Waals surface area contributed by atoms with E-state index in [2.05, 4.69) is 27.2 Å². The second-order valence-electron chi connectivity index (χ2n) is 5.85. The minimum absolute atomic E-state index is 0.710. The normalized spacial score (nSPS) is 17.8. The number of likely N-dealkylation sites (tertiary alicyclic amines) is 1. The highest BCUT2D eigenvalue weighted by atomic mass is 15.3. The van der Waals surface area contributed by atoms with Crippen molar-refractivity contribution in [3.05, 3.63) is 11.6 Å². The summed E-state index contributed by atoms with van der Waals surface area (Å²) in [6.07, 6.45) is 4.98. The Kier molecular flexibility index (Phi) is 5.98. The lowest BCUT2D eigenvalue weighted by molar-refractivity contribution is 0.198. The average Bonchev–Trinajstić information content (AvgIpc) is 2.75. The molecule has 2 rings (SSSR count). The molecule has 1 aliphatic heterocycles. The van der Waals surface area contributed by atoms with Crippen LogP contribution in [0.3, 0.4) is 0 Å². The monoisotopic (exact) mass is 279 g/mol. The lowest BCUT2D eigenvalue weighted by Crippen LogP contribution is -2.43. The molecule has 1 saturated heterocycles. The van der Waals surface area contributed by atoms with Gasteiger partial charge in [-0.15, -0.1) is 0 Å². The Morgan fingerprint density at radius 3 is 2.55 bits per heavy atom. The fourth-order valence-electron chi connectivity index (χ4n) is 2.99. The molecule has 0 saturated carbocycles. The third-order valence-electron chi connectivity index (χ3n) is 4.07. The predicted octanol–water partition coefficient (Wildman–Crippen LogP) is 1.75. The lowest BCUT2D eigenvalue weighted by atomic mass is 10.0. The molecule has 20 heavy (non-hydrogen) atoms. The summed E-state index contributed by atoms with van der Waals surface area (Å²) in [6, 6.07) is 0.710. The predicted molar refractivity (Wildman–Crippen MR) is 81.9 cm³/mol. The van der Waals surface area contributed by atoms with Gasteiger partial charge in [0.1, 0.15) is 11.6 Å². The van der Waals surface area contributed by atoms with E-state index in [1.54, 1.807) is 0 Å². The van der Waals surface area contributed by atoms with Crippen molar-refractivity contribution in [2.45, 2.75) is 59.0 Å². The highest BCUT2D eigenvalue weighted by Crippen LogP contribution is 2.10. The molecule has 0 aliphatic carbocycles. The SMILES string of the molecule is CCCN1CCC(NCCCn2nc(C)nc2C)CC1. The molecule has 1 N–H and O–H groups in total. The van der Waals surface area contributed by atoms with Gasteiger partial charge in [0.05, 0.1) is 0 Å². The first-order chi connectivity index (χ1) is 9.69. The third kappa shape index (κ3) is 4.56. The van der Waals surface area contributed by atoms with Crippen molar-refractivity contribution >= 4 is 0 Å². The molecule has 1 aromatic heterocycles. The number of rotatable bonds is 7. The number of aryl methyl sites for hydroxylation is 3. The van der Waals surface area contributed by atoms with E-state index in [-0.39, 0.29) is 0 Å². The van der Waals surface area contributed by atoms with E-state index in [0.29, 0.717) is 6.04 Å². The second kappa shape index (κ2) is 7.74. The van der Waals surface area contributed by atoms with E-state index in [4.69, 9.17) is 0 Å². The summed E-state index contributed by atoms with van der Waals surface area (Å²) < 4.78 is 2.01. The molecule has 2 heterocycles. The van der Waals surface area contributed by atoms with E-state index >= 15 is 0 Å². The largest absolute Gasteiger partial charge is 0.314 e. The van der Waals surface area contributed by atoms with Gasteiger partial charge in [-0.25, -0.2) is 4.98 Å². The first-order valence-corrected chi connectivity index (χ1v) is 8.03. The van der Waals surface area contributed by atoms with Crippen molar-refractivity contribution < 1.29 is 0 Å². The first kappa shape index (κ1) is 15.4. The Bertz CT molecular complexity index is 393. The maximum Gasteiger partial charge on any atom is 0.147 e. The number of aromatic nitrogens is 3. The Balaban J connectivity index is 1.59. The molecule has 0 bridgehead atoms. The van der Waals surface area contributed by atoms with Gasteiger partial charge in [-0.3, -0.25) is 4.68 Å². The zero-order chi connectivity index (χ0) is 14.4.